The van der Waals surface area contributed by atoms with Crippen molar-refractivity contribution in [2.24, 2.45) is 5.11 Å². The first-order valence-corrected chi connectivity index (χ1v) is 11.9. The lowest BCUT2D eigenvalue weighted by Crippen LogP contribution is -2.46. The van der Waals surface area contributed by atoms with Crippen LogP contribution >= 0.6 is 7.75 Å². The SMILES string of the molecule is CO[C@H](COP(=O)(NCCOC(C)=O)OCc1oc(=O)oc1C(C)(C)C)[C@@H](O)C(C)(C)N=[N+]=[N-]. The second-order valence-corrected chi connectivity index (χ2v) is 10.7. The van der Waals surface area contributed by atoms with Gasteiger partial charge in [0.15, 0.2) is 11.5 Å². The van der Waals surface area contributed by atoms with Crippen LogP contribution in [0.3, 0.4) is 0 Å². The van der Waals surface area contributed by atoms with Crippen LogP contribution < -0.4 is 10.9 Å². The van der Waals surface area contributed by atoms with Crippen LogP contribution in [0.2, 0.25) is 0 Å². The number of esters is 1. The Hall–Kier alpha value is -2.18. The number of carbonyl (C=O) groups excluding carboxylic acids is 1. The van der Waals surface area contributed by atoms with E-state index >= 15 is 0 Å². The zero-order valence-corrected chi connectivity index (χ0v) is 21.3. The maximum atomic E-state index is 13.4. The third kappa shape index (κ3) is 9.22. The first-order valence-electron chi connectivity index (χ1n) is 10.3. The van der Waals surface area contributed by atoms with E-state index in [0.29, 0.717) is 0 Å². The summed E-state index contributed by atoms with van der Waals surface area (Å²) >= 11 is 0. The van der Waals surface area contributed by atoms with Crippen molar-refractivity contribution < 1.29 is 41.8 Å². The van der Waals surface area contributed by atoms with Gasteiger partial charge in [0.25, 0.3) is 0 Å². The van der Waals surface area contributed by atoms with Crippen molar-refractivity contribution in [3.05, 3.63) is 32.6 Å². The summed E-state index contributed by atoms with van der Waals surface area (Å²) in [6, 6.07) is 0. The second-order valence-electron chi connectivity index (χ2n) is 8.83. The summed E-state index contributed by atoms with van der Waals surface area (Å²) in [5.41, 5.74) is 6.85. The average Bonchev–Trinajstić information content (AvgIpc) is 3.11. The smallest absolute Gasteiger partial charge is 0.465 e. The van der Waals surface area contributed by atoms with Gasteiger partial charge in [-0.15, -0.1) is 0 Å². The number of hydrogen-bond donors (Lipinski definition) is 2. The van der Waals surface area contributed by atoms with Gasteiger partial charge in [0.2, 0.25) is 0 Å². The zero-order chi connectivity index (χ0) is 26.2. The van der Waals surface area contributed by atoms with Gasteiger partial charge in [0, 0.05) is 30.9 Å². The highest BCUT2D eigenvalue weighted by Gasteiger charge is 2.37. The molecule has 1 rings (SSSR count). The number of carbonyl (C=O) groups is 1. The Morgan fingerprint density at radius 3 is 2.44 bits per heavy atom. The van der Waals surface area contributed by atoms with Crippen LogP contribution in [0.1, 0.15) is 53.1 Å². The fourth-order valence-corrected chi connectivity index (χ4v) is 3.97. The maximum Gasteiger partial charge on any atom is 0.519 e. The second kappa shape index (κ2) is 12.5. The Morgan fingerprint density at radius 1 is 1.26 bits per heavy atom. The quantitative estimate of drug-likeness (QED) is 0.0936. The monoisotopic (exact) mass is 508 g/mol. The minimum Gasteiger partial charge on any atom is -0.465 e. The highest BCUT2D eigenvalue weighted by atomic mass is 31.2. The highest BCUT2D eigenvalue weighted by Crippen LogP contribution is 2.45. The third-order valence-electron chi connectivity index (χ3n) is 4.49. The van der Waals surface area contributed by atoms with E-state index in [0.717, 1.165) is 0 Å². The van der Waals surface area contributed by atoms with Crippen molar-refractivity contribution in [3.8, 4) is 0 Å². The van der Waals surface area contributed by atoms with Crippen LogP contribution in [0, 0.1) is 0 Å². The number of nitrogens with zero attached hydrogens (tertiary/aromatic N) is 3. The molecule has 0 saturated heterocycles. The van der Waals surface area contributed by atoms with E-state index in [1.807, 2.05) is 0 Å². The van der Waals surface area contributed by atoms with Gasteiger partial charge in [0.05, 0.1) is 18.2 Å². The fraction of sp³-hybridized carbons (Fsp3) is 0.789. The molecule has 0 bridgehead atoms. The molecule has 14 nitrogen and oxygen atoms in total. The van der Waals surface area contributed by atoms with E-state index in [4.69, 9.17) is 32.9 Å². The summed E-state index contributed by atoms with van der Waals surface area (Å²) in [4.78, 5) is 25.3. The van der Waals surface area contributed by atoms with Gasteiger partial charge in [0.1, 0.15) is 19.3 Å². The summed E-state index contributed by atoms with van der Waals surface area (Å²) in [6.45, 7) is 8.47. The lowest BCUT2D eigenvalue weighted by Gasteiger charge is -2.32. The summed E-state index contributed by atoms with van der Waals surface area (Å²) in [7, 11) is -2.83. The topological polar surface area (TPSA) is 195 Å². The minimum absolute atomic E-state index is 0.0240. The molecule has 1 aromatic rings. The third-order valence-corrected chi connectivity index (χ3v) is 6.06. The highest BCUT2D eigenvalue weighted by molar-refractivity contribution is 7.51. The summed E-state index contributed by atoms with van der Waals surface area (Å²) in [5, 5.41) is 16.6. The predicted molar refractivity (Wildman–Crippen MR) is 119 cm³/mol. The molecule has 0 aliphatic rings. The zero-order valence-electron chi connectivity index (χ0n) is 20.4. The van der Waals surface area contributed by atoms with E-state index in [9.17, 15) is 19.3 Å². The molecule has 1 aromatic heterocycles. The Bertz CT molecular complexity index is 961. The van der Waals surface area contributed by atoms with Crippen LogP contribution in [-0.4, -0.2) is 55.7 Å². The molecule has 34 heavy (non-hydrogen) atoms. The first-order chi connectivity index (χ1) is 15.6. The number of methoxy groups -OCH3 is 1. The lowest BCUT2D eigenvalue weighted by atomic mass is 9.92. The largest absolute Gasteiger partial charge is 0.519 e. The van der Waals surface area contributed by atoms with Crippen molar-refractivity contribution >= 4 is 13.7 Å². The van der Waals surface area contributed by atoms with Crippen LogP contribution in [0.5, 0.6) is 0 Å². The Balaban J connectivity index is 3.03. The van der Waals surface area contributed by atoms with Crippen molar-refractivity contribution in [3.63, 3.8) is 0 Å². The van der Waals surface area contributed by atoms with Gasteiger partial charge < -0.3 is 23.4 Å². The number of rotatable bonds is 14. The molecule has 3 atom stereocenters. The molecule has 0 fully saturated rings. The Kier molecular flexibility index (Phi) is 11.0. The lowest BCUT2D eigenvalue weighted by molar-refractivity contribution is -0.140. The van der Waals surface area contributed by atoms with E-state index < -0.39 is 55.9 Å². The standard InChI is InChI=1S/C19H33N4O10P/c1-12(24)29-9-8-21-34(27,30-10-13(28-7)15(25)19(5,6)22-23-20)31-11-14-16(18(2,3)4)33-17(26)32-14/h13,15,25H,8-11H2,1-7H3,(H,21,27)/t13-,15-,34?/m1/s1. The molecule has 1 heterocycles. The number of aliphatic hydroxyl groups is 1. The van der Waals surface area contributed by atoms with Gasteiger partial charge in [-0.2, -0.15) is 0 Å². The minimum atomic E-state index is -4.12. The Morgan fingerprint density at radius 2 is 1.91 bits per heavy atom. The number of azide groups is 1. The summed E-state index contributed by atoms with van der Waals surface area (Å²) in [6.07, 6.45) is -2.37. The number of aliphatic hydroxyl groups excluding tert-OH is 1. The molecule has 0 saturated carbocycles. The van der Waals surface area contributed by atoms with E-state index in [1.54, 1.807) is 20.8 Å². The van der Waals surface area contributed by atoms with E-state index in [1.165, 1.54) is 27.9 Å². The van der Waals surface area contributed by atoms with Crippen molar-refractivity contribution in [2.45, 2.75) is 71.3 Å². The van der Waals surface area contributed by atoms with Gasteiger partial charge in [-0.05, 0) is 5.53 Å². The van der Waals surface area contributed by atoms with Gasteiger partial charge >= 0.3 is 19.5 Å². The molecule has 0 spiro atoms. The molecule has 1 unspecified atom stereocenters. The maximum absolute atomic E-state index is 13.4. The molecule has 15 heteroatoms. The number of ether oxygens (including phenoxy) is 2. The van der Waals surface area contributed by atoms with Crippen LogP contribution in [0.15, 0.2) is 18.7 Å². The predicted octanol–water partition coefficient (Wildman–Crippen LogP) is 2.79. The van der Waals surface area contributed by atoms with Crippen LogP contribution in [0.25, 0.3) is 10.4 Å². The summed E-state index contributed by atoms with van der Waals surface area (Å²) < 4.78 is 44.4. The molecular weight excluding hydrogens is 475 g/mol. The molecule has 0 aliphatic heterocycles. The normalized spacial score (nSPS) is 15.8. The molecule has 0 radical (unpaired) electrons. The average molecular weight is 508 g/mol. The van der Waals surface area contributed by atoms with Crippen molar-refractivity contribution in [1.82, 2.24) is 5.09 Å². The molecule has 0 aromatic carbocycles. The van der Waals surface area contributed by atoms with E-state index in [-0.39, 0.29) is 24.7 Å². The molecule has 194 valence electrons. The van der Waals surface area contributed by atoms with Crippen LogP contribution in [-0.2, 0) is 39.9 Å². The van der Waals surface area contributed by atoms with Crippen LogP contribution in [0.4, 0.5) is 0 Å². The number of nitrogens with one attached hydrogen (secondary N) is 1. The molecule has 0 amide bonds. The van der Waals surface area contributed by atoms with Gasteiger partial charge in [-0.1, -0.05) is 39.7 Å². The first kappa shape index (κ1) is 29.9. The summed E-state index contributed by atoms with van der Waals surface area (Å²) in [5.74, 6) is -1.23. The van der Waals surface area contributed by atoms with Gasteiger partial charge in [-0.25, -0.2) is 14.4 Å². The van der Waals surface area contributed by atoms with Gasteiger partial charge in [-0.3, -0.25) is 13.8 Å². The Labute approximate surface area is 197 Å². The molecular formula is C19H33N4O10P. The van der Waals surface area contributed by atoms with Crippen molar-refractivity contribution in [1.29, 1.82) is 0 Å². The molecule has 2 N–H and O–H groups in total. The van der Waals surface area contributed by atoms with Crippen molar-refractivity contribution in [2.75, 3.05) is 26.9 Å². The molecule has 0 aliphatic carbocycles. The van der Waals surface area contributed by atoms with E-state index in [2.05, 4.69) is 15.1 Å². The number of hydrogen-bond acceptors (Lipinski definition) is 11. The fourth-order valence-electron chi connectivity index (χ4n) is 2.71.